The fourth-order valence-corrected chi connectivity index (χ4v) is 2.25. The highest BCUT2D eigenvalue weighted by atomic mass is 79.9. The smallest absolute Gasteiger partial charge is 0.256 e. The molecule has 1 aromatic carbocycles. The number of aromatic nitrogens is 2. The summed E-state index contributed by atoms with van der Waals surface area (Å²) >= 11 is 6.55. The molecule has 18 heavy (non-hydrogen) atoms. The van der Waals surface area contributed by atoms with Crippen molar-refractivity contribution in [2.45, 2.75) is 6.92 Å². The van der Waals surface area contributed by atoms with Crippen LogP contribution in [0.25, 0.3) is 0 Å². The SMILES string of the molecule is Cc1cc(Br)cc(C(=O)Nc2cnc(Br)cn2)c1. The number of amides is 1. The van der Waals surface area contributed by atoms with Crippen molar-refractivity contribution < 1.29 is 4.79 Å². The van der Waals surface area contributed by atoms with Gasteiger partial charge in [0.1, 0.15) is 4.60 Å². The largest absolute Gasteiger partial charge is 0.305 e. The molecule has 2 rings (SSSR count). The van der Waals surface area contributed by atoms with Gasteiger partial charge in [-0.25, -0.2) is 9.97 Å². The Hall–Kier alpha value is -1.27. The van der Waals surface area contributed by atoms with Crippen LogP contribution in [0.15, 0.2) is 39.7 Å². The first-order chi connectivity index (χ1) is 8.54. The van der Waals surface area contributed by atoms with Crippen molar-refractivity contribution >= 4 is 43.6 Å². The summed E-state index contributed by atoms with van der Waals surface area (Å²) in [5.41, 5.74) is 1.59. The zero-order chi connectivity index (χ0) is 13.1. The van der Waals surface area contributed by atoms with Gasteiger partial charge in [-0.15, -0.1) is 0 Å². The van der Waals surface area contributed by atoms with Gasteiger partial charge in [0.05, 0.1) is 12.4 Å². The quantitative estimate of drug-likeness (QED) is 0.879. The first-order valence-corrected chi connectivity index (χ1v) is 6.69. The summed E-state index contributed by atoms with van der Waals surface area (Å²) in [6, 6.07) is 5.51. The molecule has 0 aliphatic rings. The third-order valence-electron chi connectivity index (χ3n) is 2.17. The first kappa shape index (κ1) is 13.2. The molecule has 0 saturated carbocycles. The standard InChI is InChI=1S/C12H9Br2N3O/c1-7-2-8(4-9(13)3-7)12(18)17-11-6-15-10(14)5-16-11/h2-6H,1H3,(H,16,17,18). The maximum absolute atomic E-state index is 12.0. The minimum absolute atomic E-state index is 0.212. The zero-order valence-electron chi connectivity index (χ0n) is 9.45. The molecule has 0 radical (unpaired) electrons. The van der Waals surface area contributed by atoms with E-state index in [-0.39, 0.29) is 5.91 Å². The van der Waals surface area contributed by atoms with Crippen molar-refractivity contribution in [1.29, 1.82) is 0 Å². The molecule has 2 aromatic rings. The minimum atomic E-state index is -0.212. The first-order valence-electron chi connectivity index (χ1n) is 5.11. The van der Waals surface area contributed by atoms with Crippen molar-refractivity contribution in [1.82, 2.24) is 9.97 Å². The van der Waals surface area contributed by atoms with Gasteiger partial charge in [0.2, 0.25) is 0 Å². The third kappa shape index (κ3) is 3.36. The molecule has 1 amide bonds. The molecule has 92 valence electrons. The van der Waals surface area contributed by atoms with Gasteiger partial charge in [0.15, 0.2) is 5.82 Å². The van der Waals surface area contributed by atoms with Crippen molar-refractivity contribution in [3.8, 4) is 0 Å². The average Bonchev–Trinajstić information content (AvgIpc) is 2.31. The average molecular weight is 371 g/mol. The summed E-state index contributed by atoms with van der Waals surface area (Å²) in [5.74, 6) is 0.205. The predicted octanol–water partition coefficient (Wildman–Crippen LogP) is 3.56. The topological polar surface area (TPSA) is 54.9 Å². The summed E-state index contributed by atoms with van der Waals surface area (Å²) in [6.45, 7) is 1.93. The number of halogens is 2. The van der Waals surface area contributed by atoms with Crippen LogP contribution in [0.5, 0.6) is 0 Å². The lowest BCUT2D eigenvalue weighted by molar-refractivity contribution is 0.102. The number of aryl methyl sites for hydroxylation is 1. The van der Waals surface area contributed by atoms with E-state index in [2.05, 4.69) is 47.1 Å². The van der Waals surface area contributed by atoms with Crippen LogP contribution in [0.1, 0.15) is 15.9 Å². The van der Waals surface area contributed by atoms with Gasteiger partial charge in [-0.05, 0) is 46.6 Å². The van der Waals surface area contributed by atoms with Crippen LogP contribution in [0.2, 0.25) is 0 Å². The fraction of sp³-hybridized carbons (Fsp3) is 0.0833. The van der Waals surface area contributed by atoms with Crippen LogP contribution in [0.4, 0.5) is 5.82 Å². The molecule has 0 atom stereocenters. The molecule has 0 aliphatic heterocycles. The van der Waals surface area contributed by atoms with E-state index in [9.17, 15) is 4.79 Å². The molecule has 0 saturated heterocycles. The van der Waals surface area contributed by atoms with Gasteiger partial charge in [-0.2, -0.15) is 0 Å². The molecular formula is C12H9Br2N3O. The maximum atomic E-state index is 12.0. The Morgan fingerprint density at radius 1 is 1.17 bits per heavy atom. The molecule has 0 spiro atoms. The molecule has 1 heterocycles. The lowest BCUT2D eigenvalue weighted by Crippen LogP contribution is -2.13. The summed E-state index contributed by atoms with van der Waals surface area (Å²) in [5, 5.41) is 2.69. The molecule has 0 fully saturated rings. The second-order valence-corrected chi connectivity index (χ2v) is 5.42. The van der Waals surface area contributed by atoms with E-state index in [0.29, 0.717) is 16.0 Å². The van der Waals surface area contributed by atoms with Gasteiger partial charge in [0.25, 0.3) is 5.91 Å². The van der Waals surface area contributed by atoms with Gasteiger partial charge in [-0.3, -0.25) is 4.79 Å². The third-order valence-corrected chi connectivity index (χ3v) is 3.03. The lowest BCUT2D eigenvalue weighted by Gasteiger charge is -2.05. The van der Waals surface area contributed by atoms with Crippen molar-refractivity contribution in [3.05, 3.63) is 50.8 Å². The fourth-order valence-electron chi connectivity index (χ4n) is 1.43. The molecular weight excluding hydrogens is 362 g/mol. The number of carbonyl (C=O) groups is 1. The Morgan fingerprint density at radius 3 is 2.56 bits per heavy atom. The highest BCUT2D eigenvalue weighted by Gasteiger charge is 2.08. The van der Waals surface area contributed by atoms with Crippen LogP contribution in [0.3, 0.4) is 0 Å². The van der Waals surface area contributed by atoms with Gasteiger partial charge in [0, 0.05) is 10.0 Å². The molecule has 0 bridgehead atoms. The molecule has 0 aliphatic carbocycles. The Labute approximate surface area is 121 Å². The molecule has 6 heteroatoms. The Bertz CT molecular complexity index is 564. The highest BCUT2D eigenvalue weighted by Crippen LogP contribution is 2.16. The Kier molecular flexibility index (Phi) is 4.08. The highest BCUT2D eigenvalue weighted by molar-refractivity contribution is 9.10. The van der Waals surface area contributed by atoms with Gasteiger partial charge >= 0.3 is 0 Å². The number of hydrogen-bond donors (Lipinski definition) is 1. The van der Waals surface area contributed by atoms with Crippen molar-refractivity contribution in [2.75, 3.05) is 5.32 Å². The number of nitrogens with one attached hydrogen (secondary N) is 1. The van der Waals surface area contributed by atoms with E-state index in [0.717, 1.165) is 10.0 Å². The summed E-state index contributed by atoms with van der Waals surface area (Å²) in [4.78, 5) is 20.0. The normalized spacial score (nSPS) is 10.2. The van der Waals surface area contributed by atoms with Crippen molar-refractivity contribution in [3.63, 3.8) is 0 Å². The van der Waals surface area contributed by atoms with Crippen LogP contribution in [0, 0.1) is 6.92 Å². The molecule has 1 aromatic heterocycles. The maximum Gasteiger partial charge on any atom is 0.256 e. The summed E-state index contributed by atoms with van der Waals surface area (Å²) < 4.78 is 1.49. The van der Waals surface area contributed by atoms with Crippen molar-refractivity contribution in [2.24, 2.45) is 0 Å². The predicted molar refractivity (Wildman–Crippen MR) is 76.6 cm³/mol. The van der Waals surface area contributed by atoms with Gasteiger partial charge in [-0.1, -0.05) is 15.9 Å². The molecule has 0 unspecified atom stereocenters. The number of nitrogens with zero attached hydrogens (tertiary/aromatic N) is 2. The van der Waals surface area contributed by atoms with Crippen LogP contribution >= 0.6 is 31.9 Å². The van der Waals surface area contributed by atoms with Crippen LogP contribution in [-0.4, -0.2) is 15.9 Å². The van der Waals surface area contributed by atoms with E-state index in [4.69, 9.17) is 0 Å². The number of carbonyl (C=O) groups excluding carboxylic acids is 1. The van der Waals surface area contributed by atoms with Crippen LogP contribution in [-0.2, 0) is 0 Å². The van der Waals surface area contributed by atoms with E-state index >= 15 is 0 Å². The summed E-state index contributed by atoms with van der Waals surface area (Å²) in [6.07, 6.45) is 3.02. The second-order valence-electron chi connectivity index (χ2n) is 3.70. The molecule has 1 N–H and O–H groups in total. The number of rotatable bonds is 2. The van der Waals surface area contributed by atoms with Crippen LogP contribution < -0.4 is 5.32 Å². The van der Waals surface area contributed by atoms with E-state index in [1.54, 1.807) is 6.07 Å². The Balaban J connectivity index is 2.19. The zero-order valence-corrected chi connectivity index (χ0v) is 12.6. The van der Waals surface area contributed by atoms with E-state index < -0.39 is 0 Å². The second kappa shape index (κ2) is 5.58. The lowest BCUT2D eigenvalue weighted by atomic mass is 10.1. The Morgan fingerprint density at radius 2 is 1.94 bits per heavy atom. The monoisotopic (exact) mass is 369 g/mol. The summed E-state index contributed by atoms with van der Waals surface area (Å²) in [7, 11) is 0. The van der Waals surface area contributed by atoms with E-state index in [1.165, 1.54) is 12.4 Å². The number of benzene rings is 1. The molecule has 4 nitrogen and oxygen atoms in total. The van der Waals surface area contributed by atoms with E-state index in [1.807, 2.05) is 19.1 Å². The number of hydrogen-bond acceptors (Lipinski definition) is 3. The van der Waals surface area contributed by atoms with Gasteiger partial charge < -0.3 is 5.32 Å². The number of anilines is 1. The minimum Gasteiger partial charge on any atom is -0.305 e.